The lowest BCUT2D eigenvalue weighted by atomic mass is 10.1. The van der Waals surface area contributed by atoms with Crippen LogP contribution in [-0.2, 0) is 6.42 Å². The summed E-state index contributed by atoms with van der Waals surface area (Å²) in [5.74, 6) is 2.48. The van der Waals surface area contributed by atoms with Crippen molar-refractivity contribution in [3.63, 3.8) is 0 Å². The third kappa shape index (κ3) is 3.72. The quantitative estimate of drug-likeness (QED) is 0.843. The molecule has 0 aliphatic rings. The number of hydrogen-bond donors (Lipinski definition) is 1. The fourth-order valence-corrected chi connectivity index (χ4v) is 2.10. The van der Waals surface area contributed by atoms with Crippen LogP contribution < -0.4 is 15.2 Å². The molecule has 1 atom stereocenters. The van der Waals surface area contributed by atoms with E-state index in [-0.39, 0.29) is 6.04 Å². The Morgan fingerprint density at radius 2 is 2.00 bits per heavy atom. The van der Waals surface area contributed by atoms with Gasteiger partial charge in [-0.05, 0) is 24.1 Å². The Morgan fingerprint density at radius 3 is 2.67 bits per heavy atom. The Hall–Kier alpha value is -2.08. The smallest absolute Gasteiger partial charge is 0.243 e. The topological polar surface area (TPSA) is 83.4 Å². The SMILES string of the molecule is CCC[C@H](N)c1nc(Cc2ccc(OC)c(OC)c2)no1. The molecule has 6 heteroatoms. The van der Waals surface area contributed by atoms with Gasteiger partial charge >= 0.3 is 0 Å². The molecule has 21 heavy (non-hydrogen) atoms. The van der Waals surface area contributed by atoms with E-state index in [1.54, 1.807) is 14.2 Å². The second-order valence-electron chi connectivity index (χ2n) is 4.81. The summed E-state index contributed by atoms with van der Waals surface area (Å²) in [5.41, 5.74) is 6.98. The van der Waals surface area contributed by atoms with Gasteiger partial charge in [0.1, 0.15) is 0 Å². The summed E-state index contributed by atoms with van der Waals surface area (Å²) >= 11 is 0. The predicted octanol–water partition coefficient (Wildman–Crippen LogP) is 2.48. The van der Waals surface area contributed by atoms with Crippen molar-refractivity contribution in [2.45, 2.75) is 32.2 Å². The Kier molecular flexibility index (Phi) is 5.16. The summed E-state index contributed by atoms with van der Waals surface area (Å²) in [4.78, 5) is 4.35. The van der Waals surface area contributed by atoms with Gasteiger partial charge in [0.2, 0.25) is 5.89 Å². The van der Waals surface area contributed by atoms with E-state index in [0.29, 0.717) is 29.6 Å². The molecule has 1 aromatic carbocycles. The second kappa shape index (κ2) is 7.08. The highest BCUT2D eigenvalue weighted by molar-refractivity contribution is 5.43. The van der Waals surface area contributed by atoms with Gasteiger partial charge in [0.25, 0.3) is 0 Å². The van der Waals surface area contributed by atoms with Crippen molar-refractivity contribution >= 4 is 0 Å². The van der Waals surface area contributed by atoms with Crippen LogP contribution in [-0.4, -0.2) is 24.4 Å². The van der Waals surface area contributed by atoms with E-state index in [2.05, 4.69) is 17.1 Å². The zero-order valence-corrected chi connectivity index (χ0v) is 12.6. The molecule has 1 aromatic heterocycles. The first kappa shape index (κ1) is 15.3. The molecule has 2 rings (SSSR count). The monoisotopic (exact) mass is 291 g/mol. The van der Waals surface area contributed by atoms with E-state index in [9.17, 15) is 0 Å². The third-order valence-corrected chi connectivity index (χ3v) is 3.21. The van der Waals surface area contributed by atoms with E-state index in [1.165, 1.54) is 0 Å². The minimum Gasteiger partial charge on any atom is -0.493 e. The van der Waals surface area contributed by atoms with Crippen molar-refractivity contribution in [1.82, 2.24) is 10.1 Å². The van der Waals surface area contributed by atoms with Crippen LogP contribution in [0.15, 0.2) is 22.7 Å². The molecule has 0 bridgehead atoms. The molecule has 114 valence electrons. The summed E-state index contributed by atoms with van der Waals surface area (Å²) in [6, 6.07) is 5.52. The minimum absolute atomic E-state index is 0.193. The van der Waals surface area contributed by atoms with Crippen LogP contribution in [0, 0.1) is 0 Å². The molecule has 1 heterocycles. The first-order valence-corrected chi connectivity index (χ1v) is 6.96. The molecule has 0 fully saturated rings. The Bertz CT molecular complexity index is 583. The van der Waals surface area contributed by atoms with Crippen LogP contribution in [0.5, 0.6) is 11.5 Å². The van der Waals surface area contributed by atoms with E-state index < -0.39 is 0 Å². The summed E-state index contributed by atoms with van der Waals surface area (Å²) in [7, 11) is 3.22. The lowest BCUT2D eigenvalue weighted by Crippen LogP contribution is -2.10. The molecule has 6 nitrogen and oxygen atoms in total. The number of aromatic nitrogens is 2. The van der Waals surface area contributed by atoms with E-state index in [1.807, 2.05) is 18.2 Å². The van der Waals surface area contributed by atoms with Gasteiger partial charge in [-0.1, -0.05) is 24.6 Å². The zero-order valence-electron chi connectivity index (χ0n) is 12.6. The standard InChI is InChI=1S/C15H21N3O3/c1-4-5-11(16)15-17-14(18-21-15)9-10-6-7-12(19-2)13(8-10)20-3/h6-8,11H,4-5,9,16H2,1-3H3/t11-/m0/s1. The molecule has 0 saturated carbocycles. The maximum absolute atomic E-state index is 5.96. The number of benzene rings is 1. The van der Waals surface area contributed by atoms with Gasteiger partial charge in [-0.25, -0.2) is 0 Å². The van der Waals surface area contributed by atoms with Gasteiger partial charge in [0.15, 0.2) is 17.3 Å². The van der Waals surface area contributed by atoms with Crippen molar-refractivity contribution in [1.29, 1.82) is 0 Å². The normalized spacial score (nSPS) is 12.2. The van der Waals surface area contributed by atoms with Crippen molar-refractivity contribution in [2.24, 2.45) is 5.73 Å². The second-order valence-corrected chi connectivity index (χ2v) is 4.81. The zero-order chi connectivity index (χ0) is 15.2. The first-order valence-electron chi connectivity index (χ1n) is 6.96. The summed E-state index contributed by atoms with van der Waals surface area (Å²) in [6.45, 7) is 2.07. The minimum atomic E-state index is -0.193. The van der Waals surface area contributed by atoms with Gasteiger partial charge < -0.3 is 19.7 Å². The molecular weight excluding hydrogens is 270 g/mol. The van der Waals surface area contributed by atoms with Crippen molar-refractivity contribution in [3.8, 4) is 11.5 Å². The van der Waals surface area contributed by atoms with Gasteiger partial charge in [0.05, 0.1) is 20.3 Å². The van der Waals surface area contributed by atoms with Crippen LogP contribution in [0.2, 0.25) is 0 Å². The van der Waals surface area contributed by atoms with Crippen molar-refractivity contribution in [3.05, 3.63) is 35.5 Å². The van der Waals surface area contributed by atoms with Gasteiger partial charge in [-0.3, -0.25) is 0 Å². The van der Waals surface area contributed by atoms with Gasteiger partial charge in [-0.15, -0.1) is 0 Å². The number of nitrogens with zero attached hydrogens (tertiary/aromatic N) is 2. The van der Waals surface area contributed by atoms with Crippen LogP contribution >= 0.6 is 0 Å². The molecule has 0 aliphatic heterocycles. The molecule has 0 aliphatic carbocycles. The van der Waals surface area contributed by atoms with Gasteiger partial charge in [0, 0.05) is 6.42 Å². The number of rotatable bonds is 7. The van der Waals surface area contributed by atoms with E-state index >= 15 is 0 Å². The lowest BCUT2D eigenvalue weighted by molar-refractivity contribution is 0.344. The number of ether oxygens (including phenoxy) is 2. The molecule has 0 unspecified atom stereocenters. The summed E-state index contributed by atoms with van der Waals surface area (Å²) < 4.78 is 15.7. The molecule has 2 aromatic rings. The Labute approximate surface area is 124 Å². The molecule has 0 radical (unpaired) electrons. The van der Waals surface area contributed by atoms with Crippen LogP contribution in [0.4, 0.5) is 0 Å². The fourth-order valence-electron chi connectivity index (χ4n) is 2.10. The summed E-state index contributed by atoms with van der Waals surface area (Å²) in [5, 5.41) is 3.97. The number of hydrogen-bond acceptors (Lipinski definition) is 6. The fraction of sp³-hybridized carbons (Fsp3) is 0.467. The molecule has 0 amide bonds. The average molecular weight is 291 g/mol. The Balaban J connectivity index is 2.11. The maximum atomic E-state index is 5.96. The first-order chi connectivity index (χ1) is 10.2. The van der Waals surface area contributed by atoms with E-state index in [4.69, 9.17) is 19.7 Å². The van der Waals surface area contributed by atoms with Crippen molar-refractivity contribution < 1.29 is 14.0 Å². The number of nitrogens with two attached hydrogens (primary N) is 1. The Morgan fingerprint density at radius 1 is 1.24 bits per heavy atom. The maximum Gasteiger partial charge on any atom is 0.243 e. The highest BCUT2D eigenvalue weighted by Gasteiger charge is 2.14. The lowest BCUT2D eigenvalue weighted by Gasteiger charge is -2.08. The number of methoxy groups -OCH3 is 2. The predicted molar refractivity (Wildman–Crippen MR) is 78.5 cm³/mol. The van der Waals surface area contributed by atoms with Crippen molar-refractivity contribution in [2.75, 3.05) is 14.2 Å². The van der Waals surface area contributed by atoms with Crippen LogP contribution in [0.1, 0.15) is 43.1 Å². The van der Waals surface area contributed by atoms with Crippen LogP contribution in [0.3, 0.4) is 0 Å². The molecule has 0 spiro atoms. The third-order valence-electron chi connectivity index (χ3n) is 3.21. The molecule has 2 N–H and O–H groups in total. The highest BCUT2D eigenvalue weighted by atomic mass is 16.5. The molecular formula is C15H21N3O3. The highest BCUT2D eigenvalue weighted by Crippen LogP contribution is 2.28. The average Bonchev–Trinajstić information content (AvgIpc) is 2.96. The molecule has 0 saturated heterocycles. The van der Waals surface area contributed by atoms with E-state index in [0.717, 1.165) is 18.4 Å². The van der Waals surface area contributed by atoms with Crippen LogP contribution in [0.25, 0.3) is 0 Å². The van der Waals surface area contributed by atoms with Gasteiger partial charge in [-0.2, -0.15) is 4.98 Å². The largest absolute Gasteiger partial charge is 0.493 e. The summed E-state index contributed by atoms with van der Waals surface area (Å²) in [6.07, 6.45) is 2.37.